The number of carbonyl (C=O) groups excluding carboxylic acids is 1. The van der Waals surface area contributed by atoms with E-state index in [4.69, 9.17) is 19.2 Å². The standard InChI is InChI=1S/C24H28N2O6S2/c1-15(2)34(28,29)18-9-7-16(8-10-18)23(27)26(14-17-6-5-13-32-17)24-25-21-19(30-3)11-12-20(31-4)22(21)33-24/h7-12,15,17H,5-6,13-14H2,1-4H3. The van der Waals surface area contributed by atoms with Gasteiger partial charge in [-0.2, -0.15) is 0 Å². The Hall–Kier alpha value is -2.69. The van der Waals surface area contributed by atoms with Gasteiger partial charge in [-0.15, -0.1) is 0 Å². The lowest BCUT2D eigenvalue weighted by Crippen LogP contribution is -2.37. The molecular weight excluding hydrogens is 476 g/mol. The van der Waals surface area contributed by atoms with Gasteiger partial charge in [-0.05, 0) is 63.1 Å². The van der Waals surface area contributed by atoms with Gasteiger partial charge in [0.2, 0.25) is 0 Å². The number of amides is 1. The van der Waals surface area contributed by atoms with Crippen molar-refractivity contribution in [3.63, 3.8) is 0 Å². The minimum Gasteiger partial charge on any atom is -0.495 e. The Kier molecular flexibility index (Phi) is 7.11. The van der Waals surface area contributed by atoms with Gasteiger partial charge >= 0.3 is 0 Å². The quantitative estimate of drug-likeness (QED) is 0.451. The van der Waals surface area contributed by atoms with Crippen molar-refractivity contribution in [3.05, 3.63) is 42.0 Å². The monoisotopic (exact) mass is 504 g/mol. The van der Waals surface area contributed by atoms with Crippen LogP contribution in [0.4, 0.5) is 5.13 Å². The summed E-state index contributed by atoms with van der Waals surface area (Å²) in [6, 6.07) is 9.66. The second kappa shape index (κ2) is 9.89. The second-order valence-electron chi connectivity index (χ2n) is 8.31. The van der Waals surface area contributed by atoms with Crippen molar-refractivity contribution in [2.24, 2.45) is 0 Å². The van der Waals surface area contributed by atoms with Crippen LogP contribution in [0.25, 0.3) is 10.2 Å². The molecule has 0 bridgehead atoms. The van der Waals surface area contributed by atoms with Gasteiger partial charge in [-0.3, -0.25) is 9.69 Å². The van der Waals surface area contributed by atoms with Crippen LogP contribution in [0.3, 0.4) is 0 Å². The Labute approximate surface area is 203 Å². The molecule has 1 fully saturated rings. The van der Waals surface area contributed by atoms with Gasteiger partial charge < -0.3 is 14.2 Å². The molecule has 1 amide bonds. The molecule has 1 aliphatic heterocycles. The van der Waals surface area contributed by atoms with Crippen molar-refractivity contribution >= 4 is 42.4 Å². The fraction of sp³-hybridized carbons (Fsp3) is 0.417. The maximum Gasteiger partial charge on any atom is 0.260 e. The Bertz CT molecular complexity index is 1240. The van der Waals surface area contributed by atoms with E-state index in [0.29, 0.717) is 40.9 Å². The van der Waals surface area contributed by atoms with Crippen LogP contribution in [0.5, 0.6) is 11.5 Å². The van der Waals surface area contributed by atoms with E-state index in [1.165, 1.54) is 23.5 Å². The Balaban J connectivity index is 1.74. The van der Waals surface area contributed by atoms with Crippen molar-refractivity contribution in [3.8, 4) is 11.5 Å². The first-order valence-corrected chi connectivity index (χ1v) is 13.4. The molecule has 4 rings (SSSR count). The van der Waals surface area contributed by atoms with Crippen LogP contribution in [0, 0.1) is 0 Å². The summed E-state index contributed by atoms with van der Waals surface area (Å²) < 4.78 is 42.5. The predicted molar refractivity (Wildman–Crippen MR) is 132 cm³/mol. The second-order valence-corrected chi connectivity index (χ2v) is 11.8. The molecule has 0 saturated carbocycles. The van der Waals surface area contributed by atoms with Crippen LogP contribution in [0.1, 0.15) is 37.0 Å². The number of carbonyl (C=O) groups is 1. The highest BCUT2D eigenvalue weighted by atomic mass is 32.2. The average molecular weight is 505 g/mol. The van der Waals surface area contributed by atoms with Crippen molar-refractivity contribution in [2.45, 2.75) is 42.9 Å². The number of aromatic nitrogens is 1. The number of anilines is 1. The summed E-state index contributed by atoms with van der Waals surface area (Å²) in [6.07, 6.45) is 1.70. The number of rotatable bonds is 8. The number of ether oxygens (including phenoxy) is 3. The Morgan fingerprint density at radius 3 is 2.41 bits per heavy atom. The number of hydrogen-bond acceptors (Lipinski definition) is 8. The molecular formula is C24H28N2O6S2. The van der Waals surface area contributed by atoms with E-state index in [2.05, 4.69) is 0 Å². The van der Waals surface area contributed by atoms with Gasteiger partial charge in [-0.1, -0.05) is 11.3 Å². The number of sulfone groups is 1. The minimum atomic E-state index is -3.43. The molecule has 0 spiro atoms. The first-order valence-electron chi connectivity index (χ1n) is 11.0. The number of benzene rings is 2. The molecule has 0 N–H and O–H groups in total. The zero-order chi connectivity index (χ0) is 24.5. The van der Waals surface area contributed by atoms with E-state index in [0.717, 1.165) is 17.5 Å². The molecule has 182 valence electrons. The maximum absolute atomic E-state index is 13.6. The van der Waals surface area contributed by atoms with E-state index in [1.807, 2.05) is 6.07 Å². The molecule has 3 aromatic rings. The zero-order valence-corrected chi connectivity index (χ0v) is 21.2. The summed E-state index contributed by atoms with van der Waals surface area (Å²) >= 11 is 1.34. The van der Waals surface area contributed by atoms with Crippen molar-refractivity contribution < 1.29 is 27.4 Å². The Morgan fingerprint density at radius 2 is 1.82 bits per heavy atom. The molecule has 1 aliphatic rings. The lowest BCUT2D eigenvalue weighted by atomic mass is 10.2. The smallest absolute Gasteiger partial charge is 0.260 e. The van der Waals surface area contributed by atoms with Gasteiger partial charge in [0.05, 0.1) is 37.0 Å². The molecule has 1 aromatic heterocycles. The topological polar surface area (TPSA) is 95.0 Å². The fourth-order valence-corrected chi connectivity index (χ4v) is 5.99. The summed E-state index contributed by atoms with van der Waals surface area (Å²) in [5, 5.41) is -0.0463. The summed E-state index contributed by atoms with van der Waals surface area (Å²) in [7, 11) is -0.268. The largest absolute Gasteiger partial charge is 0.495 e. The van der Waals surface area contributed by atoms with Crippen LogP contribution in [-0.4, -0.2) is 58.0 Å². The van der Waals surface area contributed by atoms with E-state index in [-0.39, 0.29) is 16.9 Å². The van der Waals surface area contributed by atoms with E-state index in [9.17, 15) is 13.2 Å². The number of methoxy groups -OCH3 is 2. The van der Waals surface area contributed by atoms with Gasteiger partial charge in [0.1, 0.15) is 21.7 Å². The fourth-order valence-electron chi connectivity index (χ4n) is 3.84. The number of nitrogens with zero attached hydrogens (tertiary/aromatic N) is 2. The molecule has 0 aliphatic carbocycles. The summed E-state index contributed by atoms with van der Waals surface area (Å²) in [6.45, 7) is 4.27. The summed E-state index contributed by atoms with van der Waals surface area (Å²) in [5.41, 5.74) is 0.990. The van der Waals surface area contributed by atoms with Crippen LogP contribution < -0.4 is 14.4 Å². The molecule has 1 saturated heterocycles. The van der Waals surface area contributed by atoms with Gasteiger partial charge in [0.15, 0.2) is 15.0 Å². The third-order valence-corrected chi connectivity index (χ3v) is 9.10. The third-order valence-electron chi connectivity index (χ3n) is 5.84. The average Bonchev–Trinajstić information content (AvgIpc) is 3.51. The maximum atomic E-state index is 13.6. The van der Waals surface area contributed by atoms with Gasteiger partial charge in [-0.25, -0.2) is 13.4 Å². The van der Waals surface area contributed by atoms with Gasteiger partial charge in [0, 0.05) is 12.2 Å². The molecule has 34 heavy (non-hydrogen) atoms. The minimum absolute atomic E-state index is 0.0969. The summed E-state index contributed by atoms with van der Waals surface area (Å²) in [5.74, 6) is 0.958. The van der Waals surface area contributed by atoms with Crippen molar-refractivity contribution in [1.82, 2.24) is 4.98 Å². The highest BCUT2D eigenvalue weighted by molar-refractivity contribution is 7.92. The number of fused-ring (bicyclic) bond motifs is 1. The van der Waals surface area contributed by atoms with Gasteiger partial charge in [0.25, 0.3) is 5.91 Å². The first kappa shape index (κ1) is 24.4. The van der Waals surface area contributed by atoms with Crippen LogP contribution >= 0.6 is 11.3 Å². The van der Waals surface area contributed by atoms with E-state index in [1.54, 1.807) is 51.2 Å². The molecule has 2 aromatic carbocycles. The molecule has 1 atom stereocenters. The lowest BCUT2D eigenvalue weighted by Gasteiger charge is -2.23. The van der Waals surface area contributed by atoms with Crippen molar-refractivity contribution in [2.75, 3.05) is 32.3 Å². The highest BCUT2D eigenvalue weighted by Gasteiger charge is 2.29. The lowest BCUT2D eigenvalue weighted by molar-refractivity contribution is 0.0917. The predicted octanol–water partition coefficient (Wildman–Crippen LogP) is 4.32. The third kappa shape index (κ3) is 4.62. The molecule has 8 nitrogen and oxygen atoms in total. The molecule has 2 heterocycles. The molecule has 1 unspecified atom stereocenters. The Morgan fingerprint density at radius 1 is 1.15 bits per heavy atom. The van der Waals surface area contributed by atoms with Crippen LogP contribution in [0.15, 0.2) is 41.3 Å². The number of thiazole rings is 1. The first-order chi connectivity index (χ1) is 16.3. The molecule has 10 heteroatoms. The number of hydrogen-bond donors (Lipinski definition) is 0. The van der Waals surface area contributed by atoms with Crippen LogP contribution in [-0.2, 0) is 14.6 Å². The van der Waals surface area contributed by atoms with E-state index >= 15 is 0 Å². The highest BCUT2D eigenvalue weighted by Crippen LogP contribution is 2.40. The SMILES string of the molecule is COc1ccc(OC)c2sc(N(CC3CCCO3)C(=O)c3ccc(S(=O)(=O)C(C)C)cc3)nc12. The summed E-state index contributed by atoms with van der Waals surface area (Å²) in [4.78, 5) is 20.2. The van der Waals surface area contributed by atoms with E-state index < -0.39 is 15.1 Å². The molecule has 0 radical (unpaired) electrons. The normalized spacial score (nSPS) is 16.2. The van der Waals surface area contributed by atoms with Crippen molar-refractivity contribution in [1.29, 1.82) is 0 Å². The zero-order valence-electron chi connectivity index (χ0n) is 19.6. The van der Waals surface area contributed by atoms with Crippen LogP contribution in [0.2, 0.25) is 0 Å².